The first-order valence-electron chi connectivity index (χ1n) is 7.20. The van der Waals surface area contributed by atoms with Gasteiger partial charge in [-0.3, -0.25) is 0 Å². The van der Waals surface area contributed by atoms with E-state index in [1.165, 1.54) is 0 Å². The minimum Gasteiger partial charge on any atom is -0.339 e. The van der Waals surface area contributed by atoms with Gasteiger partial charge in [0.15, 0.2) is 5.65 Å². The summed E-state index contributed by atoms with van der Waals surface area (Å²) in [6, 6.07) is 17.1. The van der Waals surface area contributed by atoms with Crippen LogP contribution in [0.5, 0.6) is 0 Å². The van der Waals surface area contributed by atoms with Crippen LogP contribution in [0.1, 0.15) is 0 Å². The van der Waals surface area contributed by atoms with Gasteiger partial charge < -0.3 is 5.32 Å². The van der Waals surface area contributed by atoms with Crippen molar-refractivity contribution in [1.82, 2.24) is 19.7 Å². The molecule has 2 aromatic carbocycles. The quantitative estimate of drug-likeness (QED) is 0.533. The summed E-state index contributed by atoms with van der Waals surface area (Å²) in [6.07, 6.45) is 1.72. The van der Waals surface area contributed by atoms with E-state index < -0.39 is 0 Å². The molecular weight excluding hydrogens is 345 g/mol. The third-order valence-corrected chi connectivity index (χ3v) is 3.93. The molecule has 0 aliphatic carbocycles. The number of rotatable bonds is 3. The standard InChI is InChI=1S/C17H11Cl2N5/c18-11-6-8-12(9-7-11)21-15-14-10-20-24(13-4-2-1-3-5-13)16(14)23-17(19)22-15/h1-10H,(H,21,22,23). The van der Waals surface area contributed by atoms with Gasteiger partial charge in [0, 0.05) is 10.7 Å². The molecule has 2 aromatic heterocycles. The summed E-state index contributed by atoms with van der Waals surface area (Å²) < 4.78 is 1.73. The fourth-order valence-electron chi connectivity index (χ4n) is 2.40. The second-order valence-electron chi connectivity index (χ2n) is 5.10. The molecule has 7 heteroatoms. The number of halogens is 2. The third-order valence-electron chi connectivity index (χ3n) is 3.51. The molecule has 2 heterocycles. The van der Waals surface area contributed by atoms with Crippen LogP contribution in [-0.4, -0.2) is 19.7 Å². The minimum atomic E-state index is 0.150. The Hall–Kier alpha value is -2.63. The smallest absolute Gasteiger partial charge is 0.226 e. The van der Waals surface area contributed by atoms with Gasteiger partial charge in [0.25, 0.3) is 0 Å². The highest BCUT2D eigenvalue weighted by atomic mass is 35.5. The first-order valence-corrected chi connectivity index (χ1v) is 7.95. The van der Waals surface area contributed by atoms with Crippen molar-refractivity contribution >= 4 is 45.7 Å². The molecule has 118 valence electrons. The lowest BCUT2D eigenvalue weighted by Crippen LogP contribution is -2.00. The highest BCUT2D eigenvalue weighted by Crippen LogP contribution is 2.27. The molecule has 0 saturated carbocycles. The molecule has 0 amide bonds. The van der Waals surface area contributed by atoms with E-state index in [4.69, 9.17) is 23.2 Å². The average Bonchev–Trinajstić information content (AvgIpc) is 3.01. The number of aromatic nitrogens is 4. The lowest BCUT2D eigenvalue weighted by Gasteiger charge is -2.08. The normalized spacial score (nSPS) is 10.9. The van der Waals surface area contributed by atoms with Gasteiger partial charge in [0.05, 0.1) is 17.3 Å². The average molecular weight is 356 g/mol. The van der Waals surface area contributed by atoms with Crippen LogP contribution in [0.3, 0.4) is 0 Å². The van der Waals surface area contributed by atoms with Crippen molar-refractivity contribution in [2.75, 3.05) is 5.32 Å². The van der Waals surface area contributed by atoms with Crippen molar-refractivity contribution in [3.63, 3.8) is 0 Å². The number of nitrogens with one attached hydrogen (secondary N) is 1. The van der Waals surface area contributed by atoms with Gasteiger partial charge in [-0.15, -0.1) is 0 Å². The van der Waals surface area contributed by atoms with Crippen LogP contribution in [-0.2, 0) is 0 Å². The van der Waals surface area contributed by atoms with Gasteiger partial charge in [-0.1, -0.05) is 29.8 Å². The monoisotopic (exact) mass is 355 g/mol. The third kappa shape index (κ3) is 2.79. The fourth-order valence-corrected chi connectivity index (χ4v) is 2.70. The molecule has 0 aliphatic rings. The summed E-state index contributed by atoms with van der Waals surface area (Å²) in [5, 5.41) is 9.25. The Morgan fingerprint density at radius 3 is 2.38 bits per heavy atom. The number of hydrogen-bond donors (Lipinski definition) is 1. The summed E-state index contributed by atoms with van der Waals surface area (Å²) in [6.45, 7) is 0. The molecule has 0 bridgehead atoms. The van der Waals surface area contributed by atoms with E-state index in [9.17, 15) is 0 Å². The number of benzene rings is 2. The zero-order chi connectivity index (χ0) is 16.5. The summed E-state index contributed by atoms with van der Waals surface area (Å²) in [5.41, 5.74) is 2.39. The molecule has 0 unspecified atom stereocenters. The van der Waals surface area contributed by atoms with Crippen molar-refractivity contribution in [2.24, 2.45) is 0 Å². The Morgan fingerprint density at radius 1 is 0.875 bits per heavy atom. The number of para-hydroxylation sites is 1. The van der Waals surface area contributed by atoms with E-state index in [0.29, 0.717) is 16.5 Å². The van der Waals surface area contributed by atoms with Crippen LogP contribution in [0.2, 0.25) is 10.3 Å². The van der Waals surface area contributed by atoms with Crippen LogP contribution in [0.4, 0.5) is 11.5 Å². The predicted octanol–water partition coefficient (Wildman–Crippen LogP) is 4.87. The van der Waals surface area contributed by atoms with Gasteiger partial charge >= 0.3 is 0 Å². The van der Waals surface area contributed by atoms with Gasteiger partial charge in [-0.05, 0) is 48.0 Å². The van der Waals surface area contributed by atoms with Crippen molar-refractivity contribution < 1.29 is 0 Å². The topological polar surface area (TPSA) is 55.6 Å². The van der Waals surface area contributed by atoms with E-state index >= 15 is 0 Å². The zero-order valence-electron chi connectivity index (χ0n) is 12.3. The molecule has 0 aliphatic heterocycles. The predicted molar refractivity (Wildman–Crippen MR) is 96.4 cm³/mol. The van der Waals surface area contributed by atoms with Crippen molar-refractivity contribution in [1.29, 1.82) is 0 Å². The number of anilines is 2. The second kappa shape index (κ2) is 6.11. The summed E-state index contributed by atoms with van der Waals surface area (Å²) in [5.74, 6) is 0.592. The minimum absolute atomic E-state index is 0.150. The SMILES string of the molecule is Clc1ccc(Nc2nc(Cl)nc3c2cnn3-c2ccccc2)cc1. The van der Waals surface area contributed by atoms with Gasteiger partial charge in [0.2, 0.25) is 5.28 Å². The van der Waals surface area contributed by atoms with Gasteiger partial charge in [-0.2, -0.15) is 15.1 Å². The second-order valence-corrected chi connectivity index (χ2v) is 5.88. The highest BCUT2D eigenvalue weighted by Gasteiger charge is 2.13. The van der Waals surface area contributed by atoms with E-state index in [0.717, 1.165) is 16.8 Å². The van der Waals surface area contributed by atoms with Crippen LogP contribution < -0.4 is 5.32 Å². The summed E-state index contributed by atoms with van der Waals surface area (Å²) in [7, 11) is 0. The molecule has 4 aromatic rings. The molecule has 24 heavy (non-hydrogen) atoms. The molecule has 4 rings (SSSR count). The van der Waals surface area contributed by atoms with Crippen LogP contribution in [0, 0.1) is 0 Å². The van der Waals surface area contributed by atoms with E-state index in [-0.39, 0.29) is 5.28 Å². The molecule has 0 radical (unpaired) electrons. The van der Waals surface area contributed by atoms with Crippen molar-refractivity contribution in [2.45, 2.75) is 0 Å². The largest absolute Gasteiger partial charge is 0.339 e. The van der Waals surface area contributed by atoms with E-state index in [1.54, 1.807) is 23.0 Å². The maximum atomic E-state index is 6.11. The molecule has 0 atom stereocenters. The van der Waals surface area contributed by atoms with Gasteiger partial charge in [0.1, 0.15) is 5.82 Å². The Morgan fingerprint density at radius 2 is 1.62 bits per heavy atom. The van der Waals surface area contributed by atoms with Crippen LogP contribution >= 0.6 is 23.2 Å². The molecular formula is C17H11Cl2N5. The molecule has 0 saturated heterocycles. The highest BCUT2D eigenvalue weighted by molar-refractivity contribution is 6.30. The number of hydrogen-bond acceptors (Lipinski definition) is 4. The number of nitrogens with zero attached hydrogens (tertiary/aromatic N) is 4. The maximum absolute atomic E-state index is 6.11. The molecule has 0 fully saturated rings. The van der Waals surface area contributed by atoms with Gasteiger partial charge in [-0.25, -0.2) is 4.68 Å². The fraction of sp³-hybridized carbons (Fsp3) is 0. The van der Waals surface area contributed by atoms with E-state index in [1.807, 2.05) is 42.5 Å². The Kier molecular flexibility index (Phi) is 3.80. The lowest BCUT2D eigenvalue weighted by atomic mass is 10.3. The molecule has 5 nitrogen and oxygen atoms in total. The molecule has 0 spiro atoms. The summed E-state index contributed by atoms with van der Waals surface area (Å²) in [4.78, 5) is 8.60. The lowest BCUT2D eigenvalue weighted by molar-refractivity contribution is 0.895. The maximum Gasteiger partial charge on any atom is 0.226 e. The van der Waals surface area contributed by atoms with E-state index in [2.05, 4.69) is 20.4 Å². The Balaban J connectivity index is 1.82. The van der Waals surface area contributed by atoms with Crippen molar-refractivity contribution in [3.8, 4) is 5.69 Å². The Labute approximate surface area is 147 Å². The first kappa shape index (κ1) is 14.9. The summed E-state index contributed by atoms with van der Waals surface area (Å²) >= 11 is 12.0. The number of fused-ring (bicyclic) bond motifs is 1. The first-order chi connectivity index (χ1) is 11.7. The van der Waals surface area contributed by atoms with Crippen LogP contribution in [0.25, 0.3) is 16.7 Å². The molecule has 1 N–H and O–H groups in total. The van der Waals surface area contributed by atoms with Crippen molar-refractivity contribution in [3.05, 3.63) is 71.1 Å². The van der Waals surface area contributed by atoms with Crippen LogP contribution in [0.15, 0.2) is 60.8 Å². The zero-order valence-corrected chi connectivity index (χ0v) is 13.8. The Bertz CT molecular complexity index is 997.